The van der Waals surface area contributed by atoms with Gasteiger partial charge in [-0.2, -0.15) is 0 Å². The van der Waals surface area contributed by atoms with Gasteiger partial charge in [-0.15, -0.1) is 6.58 Å². The van der Waals surface area contributed by atoms with Crippen molar-refractivity contribution in [2.24, 2.45) is 0 Å². The largest absolute Gasteiger partial charge is 0.103 e. The first-order chi connectivity index (χ1) is 15.7. The van der Waals surface area contributed by atoms with Gasteiger partial charge in [0.25, 0.3) is 0 Å². The van der Waals surface area contributed by atoms with E-state index in [1.165, 1.54) is 47.1 Å². The molecule has 1 aliphatic rings. The molecule has 4 rings (SSSR count). The Morgan fingerprint density at radius 1 is 0.812 bits per heavy atom. The number of allylic oxidation sites excluding steroid dienone is 1. The molecule has 0 saturated heterocycles. The van der Waals surface area contributed by atoms with E-state index >= 15 is 0 Å². The molecular weight excluding hydrogens is 384 g/mol. The van der Waals surface area contributed by atoms with Crippen LogP contribution in [0, 0.1) is 6.92 Å². The first-order valence-electron chi connectivity index (χ1n) is 12.6. The van der Waals surface area contributed by atoms with E-state index in [0.717, 1.165) is 32.1 Å². The number of rotatable bonds is 9. The van der Waals surface area contributed by atoms with Gasteiger partial charge in [-0.25, -0.2) is 0 Å². The zero-order valence-corrected chi connectivity index (χ0v) is 20.4. The summed E-state index contributed by atoms with van der Waals surface area (Å²) in [6, 6.07) is 25.1. The molecule has 32 heavy (non-hydrogen) atoms. The molecule has 0 heteroatoms. The number of fused-ring (bicyclic) bond motifs is 1. The van der Waals surface area contributed by atoms with E-state index in [4.69, 9.17) is 0 Å². The lowest BCUT2D eigenvalue weighted by molar-refractivity contribution is 0.690. The highest BCUT2D eigenvalue weighted by molar-refractivity contribution is 5.39. The van der Waals surface area contributed by atoms with E-state index in [2.05, 4.69) is 86.3 Å². The van der Waals surface area contributed by atoms with Crippen molar-refractivity contribution in [1.29, 1.82) is 0 Å². The maximum Gasteiger partial charge on any atom is -0.0122 e. The fourth-order valence-corrected chi connectivity index (χ4v) is 4.97. The lowest BCUT2D eigenvalue weighted by Gasteiger charge is -2.11. The minimum absolute atomic E-state index is 0.697. The van der Waals surface area contributed by atoms with Crippen LogP contribution in [0.15, 0.2) is 79.4 Å². The molecule has 1 unspecified atom stereocenters. The molecule has 0 saturated carbocycles. The summed E-state index contributed by atoms with van der Waals surface area (Å²) in [7, 11) is 0. The summed E-state index contributed by atoms with van der Waals surface area (Å²) in [5.41, 5.74) is 10.5. The van der Waals surface area contributed by atoms with Crippen molar-refractivity contribution in [2.75, 3.05) is 0 Å². The number of hydrogen-bond acceptors (Lipinski definition) is 0. The molecule has 0 N–H and O–H groups in total. The van der Waals surface area contributed by atoms with Gasteiger partial charge in [0, 0.05) is 0 Å². The summed E-state index contributed by atoms with van der Waals surface area (Å²) in [5, 5.41) is 0. The van der Waals surface area contributed by atoms with Gasteiger partial charge in [-0.3, -0.25) is 0 Å². The third kappa shape index (κ3) is 6.45. The van der Waals surface area contributed by atoms with Crippen molar-refractivity contribution in [3.63, 3.8) is 0 Å². The summed E-state index contributed by atoms with van der Waals surface area (Å²) >= 11 is 0. The summed E-state index contributed by atoms with van der Waals surface area (Å²) in [6.07, 6.45) is 11.5. The van der Waals surface area contributed by atoms with Crippen molar-refractivity contribution in [3.05, 3.63) is 118 Å². The van der Waals surface area contributed by atoms with Crippen molar-refractivity contribution in [1.82, 2.24) is 0 Å². The Morgan fingerprint density at radius 2 is 1.53 bits per heavy atom. The molecular formula is C32H40. The van der Waals surface area contributed by atoms with Crippen LogP contribution in [0.4, 0.5) is 0 Å². The van der Waals surface area contributed by atoms with Crippen LogP contribution in [-0.2, 0) is 32.1 Å². The average Bonchev–Trinajstić information content (AvgIpc) is 3.23. The summed E-state index contributed by atoms with van der Waals surface area (Å²) in [5.74, 6) is 0.697. The van der Waals surface area contributed by atoms with Gasteiger partial charge < -0.3 is 0 Å². The second-order valence-electron chi connectivity index (χ2n) is 8.89. The van der Waals surface area contributed by atoms with Gasteiger partial charge in [-0.05, 0) is 103 Å². The Morgan fingerprint density at radius 3 is 2.28 bits per heavy atom. The molecule has 1 atom stereocenters. The van der Waals surface area contributed by atoms with Crippen LogP contribution in [0.25, 0.3) is 0 Å². The van der Waals surface area contributed by atoms with Crippen LogP contribution in [0.2, 0.25) is 0 Å². The highest BCUT2D eigenvalue weighted by atomic mass is 14.3. The van der Waals surface area contributed by atoms with Crippen LogP contribution in [0.1, 0.15) is 78.0 Å². The first-order valence-corrected chi connectivity index (χ1v) is 12.6. The molecule has 168 valence electrons. The van der Waals surface area contributed by atoms with Gasteiger partial charge in [0.05, 0.1) is 0 Å². The molecule has 0 bridgehead atoms. The Bertz CT molecular complexity index is 980. The van der Waals surface area contributed by atoms with Crippen molar-refractivity contribution >= 4 is 0 Å². The Hall–Kier alpha value is -2.60. The lowest BCUT2D eigenvalue weighted by Crippen LogP contribution is -1.98. The van der Waals surface area contributed by atoms with Crippen LogP contribution < -0.4 is 0 Å². The van der Waals surface area contributed by atoms with Crippen LogP contribution in [-0.4, -0.2) is 0 Å². The summed E-state index contributed by atoms with van der Waals surface area (Å²) in [4.78, 5) is 0. The maximum atomic E-state index is 3.92. The van der Waals surface area contributed by atoms with E-state index in [1.54, 1.807) is 11.1 Å². The van der Waals surface area contributed by atoms with Gasteiger partial charge in [0.2, 0.25) is 0 Å². The Kier molecular flexibility index (Phi) is 9.35. The van der Waals surface area contributed by atoms with Crippen LogP contribution in [0.5, 0.6) is 0 Å². The van der Waals surface area contributed by atoms with Gasteiger partial charge >= 0.3 is 0 Å². The third-order valence-corrected chi connectivity index (χ3v) is 6.72. The molecule has 0 spiro atoms. The predicted molar refractivity (Wildman–Crippen MR) is 141 cm³/mol. The molecule has 3 aromatic rings. The monoisotopic (exact) mass is 424 g/mol. The van der Waals surface area contributed by atoms with Crippen molar-refractivity contribution in [2.45, 2.75) is 78.1 Å². The molecule has 1 aliphatic carbocycles. The Labute approximate surface area is 196 Å². The number of aryl methyl sites for hydroxylation is 6. The highest BCUT2D eigenvalue weighted by Gasteiger charge is 2.21. The van der Waals surface area contributed by atoms with Crippen molar-refractivity contribution in [3.8, 4) is 0 Å². The molecule has 0 nitrogen and oxygen atoms in total. The predicted octanol–water partition coefficient (Wildman–Crippen LogP) is 8.59. The summed E-state index contributed by atoms with van der Waals surface area (Å²) < 4.78 is 0. The number of hydrogen-bond donors (Lipinski definition) is 0. The SMILES string of the molecule is C=CCC1CCc2cc(CCc3ccc(CCCc4ccccc4)cc3C)ccc21.CC. The molecule has 0 heterocycles. The average molecular weight is 425 g/mol. The molecule has 3 aromatic carbocycles. The minimum atomic E-state index is 0.697. The van der Waals surface area contributed by atoms with E-state index in [9.17, 15) is 0 Å². The quantitative estimate of drug-likeness (QED) is 0.302. The second-order valence-corrected chi connectivity index (χ2v) is 8.89. The third-order valence-electron chi connectivity index (χ3n) is 6.72. The first kappa shape index (κ1) is 24.1. The van der Waals surface area contributed by atoms with E-state index in [0.29, 0.717) is 5.92 Å². The van der Waals surface area contributed by atoms with Crippen molar-refractivity contribution < 1.29 is 0 Å². The fourth-order valence-electron chi connectivity index (χ4n) is 4.97. The van der Waals surface area contributed by atoms with E-state index < -0.39 is 0 Å². The molecule has 0 aliphatic heterocycles. The van der Waals surface area contributed by atoms with Gasteiger partial charge in [-0.1, -0.05) is 86.7 Å². The minimum Gasteiger partial charge on any atom is -0.103 e. The zero-order chi connectivity index (χ0) is 22.8. The van der Waals surface area contributed by atoms with E-state index in [-0.39, 0.29) is 0 Å². The fraction of sp³-hybridized carbons (Fsp3) is 0.375. The molecule has 0 aromatic heterocycles. The second kappa shape index (κ2) is 12.4. The smallest absolute Gasteiger partial charge is 0.0122 e. The number of benzene rings is 3. The van der Waals surface area contributed by atoms with Crippen LogP contribution >= 0.6 is 0 Å². The topological polar surface area (TPSA) is 0 Å². The molecule has 0 radical (unpaired) electrons. The van der Waals surface area contributed by atoms with E-state index in [1.807, 2.05) is 13.8 Å². The zero-order valence-electron chi connectivity index (χ0n) is 20.4. The van der Waals surface area contributed by atoms with Gasteiger partial charge in [0.1, 0.15) is 0 Å². The molecule has 0 fully saturated rings. The maximum absolute atomic E-state index is 3.92. The highest BCUT2D eigenvalue weighted by Crippen LogP contribution is 2.36. The Balaban J connectivity index is 0.00000141. The van der Waals surface area contributed by atoms with Crippen LogP contribution in [0.3, 0.4) is 0 Å². The normalized spacial score (nSPS) is 14.4. The van der Waals surface area contributed by atoms with Gasteiger partial charge in [0.15, 0.2) is 0 Å². The standard InChI is InChI=1S/C30H34.C2H6/c1-3-8-28-18-19-29-22-26(15-20-30(28)29)14-17-27-16-13-25(21-23(27)2)12-7-11-24-9-5-4-6-10-24;1-2/h3-6,9-10,13,15-16,20-22,28H,1,7-8,11-12,14,17-19H2,2H3;1-2H3. The lowest BCUT2D eigenvalue weighted by atomic mass is 9.94. The molecule has 0 amide bonds. The summed E-state index contributed by atoms with van der Waals surface area (Å²) in [6.45, 7) is 10.2.